The molecule has 1 heterocycles. The molecule has 3 unspecified atom stereocenters. The molecule has 2 rings (SSSR count). The molecule has 0 aromatic carbocycles. The summed E-state index contributed by atoms with van der Waals surface area (Å²) in [5.41, 5.74) is -0.279. The van der Waals surface area contributed by atoms with Gasteiger partial charge in [0.2, 0.25) is 0 Å². The van der Waals surface area contributed by atoms with Crippen molar-refractivity contribution in [3.05, 3.63) is 0 Å². The summed E-state index contributed by atoms with van der Waals surface area (Å²) in [7, 11) is 0. The third kappa shape index (κ3) is 3.13. The van der Waals surface area contributed by atoms with E-state index in [1.54, 1.807) is 0 Å². The number of rotatable bonds is 4. The molecule has 1 saturated heterocycles. The Hall–Kier alpha value is -0.570. The van der Waals surface area contributed by atoms with Crippen molar-refractivity contribution >= 4 is 5.97 Å². The Morgan fingerprint density at radius 2 is 2.21 bits per heavy atom. The summed E-state index contributed by atoms with van der Waals surface area (Å²) < 4.78 is 5.89. The lowest BCUT2D eigenvalue weighted by atomic mass is 9.76. The Kier molecular flexibility index (Phi) is 4.88. The van der Waals surface area contributed by atoms with E-state index in [0.29, 0.717) is 5.92 Å². The van der Waals surface area contributed by atoms with Gasteiger partial charge in [-0.05, 0) is 44.1 Å². The van der Waals surface area contributed by atoms with Crippen molar-refractivity contribution in [1.29, 1.82) is 0 Å². The molecular weight excluding hydrogens is 238 g/mol. The topological polar surface area (TPSA) is 38.3 Å². The predicted octanol–water partition coefficient (Wildman–Crippen LogP) is 3.13. The third-order valence-electron chi connectivity index (χ3n) is 5.29. The lowest BCUT2D eigenvalue weighted by molar-refractivity contribution is -0.165. The number of hydrogen-bond acceptors (Lipinski definition) is 3. The van der Waals surface area contributed by atoms with Gasteiger partial charge in [0.25, 0.3) is 0 Å². The van der Waals surface area contributed by atoms with Gasteiger partial charge in [0, 0.05) is 6.54 Å². The van der Waals surface area contributed by atoms with E-state index in [-0.39, 0.29) is 17.5 Å². The molecule has 0 aromatic rings. The molecule has 1 aliphatic carbocycles. The van der Waals surface area contributed by atoms with Crippen LogP contribution in [0.15, 0.2) is 0 Å². The number of carbonyl (C=O) groups is 1. The molecule has 0 bridgehead atoms. The molecule has 1 saturated carbocycles. The summed E-state index contributed by atoms with van der Waals surface area (Å²) in [6, 6.07) is 0. The van der Waals surface area contributed by atoms with Crippen LogP contribution in [0, 0.1) is 17.3 Å². The molecule has 0 amide bonds. The van der Waals surface area contributed by atoms with Crippen molar-refractivity contribution in [3.8, 4) is 0 Å². The molecule has 3 nitrogen and oxygen atoms in total. The van der Waals surface area contributed by atoms with Crippen LogP contribution in [0.25, 0.3) is 0 Å². The fourth-order valence-corrected chi connectivity index (χ4v) is 3.60. The molecule has 0 aromatic heterocycles. The molecule has 0 radical (unpaired) electrons. The van der Waals surface area contributed by atoms with Crippen molar-refractivity contribution < 1.29 is 9.53 Å². The summed E-state index contributed by atoms with van der Waals surface area (Å²) in [5.74, 6) is 1.15. The second-order valence-corrected chi connectivity index (χ2v) is 6.71. The highest BCUT2D eigenvalue weighted by atomic mass is 16.5. The standard InChI is InChI=1S/C16H29NO2/c1-4-13-6-5-7-14(10-13)19-15(18)16(12(2)3)8-9-17-11-16/h12-14,17H,4-11H2,1-3H3. The van der Waals surface area contributed by atoms with Gasteiger partial charge in [-0.3, -0.25) is 4.79 Å². The Bertz CT molecular complexity index is 308. The molecule has 3 atom stereocenters. The van der Waals surface area contributed by atoms with Crippen LogP contribution in [0.2, 0.25) is 0 Å². The molecule has 3 heteroatoms. The zero-order valence-electron chi connectivity index (χ0n) is 12.7. The van der Waals surface area contributed by atoms with Gasteiger partial charge in [-0.2, -0.15) is 0 Å². The van der Waals surface area contributed by atoms with Gasteiger partial charge in [-0.1, -0.05) is 33.6 Å². The first-order valence-corrected chi connectivity index (χ1v) is 8.00. The predicted molar refractivity (Wildman–Crippen MR) is 76.9 cm³/mol. The summed E-state index contributed by atoms with van der Waals surface area (Å²) in [6.07, 6.45) is 6.96. The molecule has 110 valence electrons. The lowest BCUT2D eigenvalue weighted by Crippen LogP contribution is -2.42. The second-order valence-electron chi connectivity index (χ2n) is 6.71. The Morgan fingerprint density at radius 3 is 2.79 bits per heavy atom. The zero-order valence-corrected chi connectivity index (χ0v) is 12.7. The van der Waals surface area contributed by atoms with Crippen LogP contribution in [0.4, 0.5) is 0 Å². The summed E-state index contributed by atoms with van der Waals surface area (Å²) >= 11 is 0. The van der Waals surface area contributed by atoms with E-state index < -0.39 is 0 Å². The molecule has 0 spiro atoms. The second kappa shape index (κ2) is 6.25. The van der Waals surface area contributed by atoms with E-state index >= 15 is 0 Å². The minimum Gasteiger partial charge on any atom is -0.462 e. The van der Waals surface area contributed by atoms with Crippen molar-refractivity contribution in [2.75, 3.05) is 13.1 Å². The van der Waals surface area contributed by atoms with E-state index in [2.05, 4.69) is 26.1 Å². The molecule has 1 aliphatic heterocycles. The van der Waals surface area contributed by atoms with Crippen molar-refractivity contribution in [1.82, 2.24) is 5.32 Å². The highest BCUT2D eigenvalue weighted by molar-refractivity contribution is 5.78. The summed E-state index contributed by atoms with van der Waals surface area (Å²) in [5, 5.41) is 3.33. The van der Waals surface area contributed by atoms with Crippen LogP contribution in [-0.4, -0.2) is 25.2 Å². The molecule has 2 aliphatic rings. The first-order valence-electron chi connectivity index (χ1n) is 8.00. The Labute approximate surface area is 117 Å². The Morgan fingerprint density at radius 1 is 1.42 bits per heavy atom. The number of nitrogens with one attached hydrogen (secondary N) is 1. The monoisotopic (exact) mass is 267 g/mol. The van der Waals surface area contributed by atoms with Gasteiger partial charge in [-0.15, -0.1) is 0 Å². The minimum absolute atomic E-state index is 0.0502. The lowest BCUT2D eigenvalue weighted by Gasteiger charge is -2.34. The minimum atomic E-state index is -0.279. The number of hydrogen-bond donors (Lipinski definition) is 1. The van der Waals surface area contributed by atoms with Crippen LogP contribution >= 0.6 is 0 Å². The van der Waals surface area contributed by atoms with Crippen molar-refractivity contribution in [3.63, 3.8) is 0 Å². The number of esters is 1. The van der Waals surface area contributed by atoms with Gasteiger partial charge in [0.15, 0.2) is 0 Å². The first kappa shape index (κ1) is 14.8. The highest BCUT2D eigenvalue weighted by Crippen LogP contribution is 2.37. The zero-order chi connectivity index (χ0) is 13.9. The van der Waals surface area contributed by atoms with Gasteiger partial charge in [0.1, 0.15) is 6.10 Å². The number of carbonyl (C=O) groups excluding carboxylic acids is 1. The van der Waals surface area contributed by atoms with Gasteiger partial charge < -0.3 is 10.1 Å². The van der Waals surface area contributed by atoms with Crippen LogP contribution in [0.3, 0.4) is 0 Å². The smallest absolute Gasteiger partial charge is 0.313 e. The van der Waals surface area contributed by atoms with Gasteiger partial charge in [-0.25, -0.2) is 0 Å². The molecule has 2 fully saturated rings. The van der Waals surface area contributed by atoms with Gasteiger partial charge in [0.05, 0.1) is 5.41 Å². The van der Waals surface area contributed by atoms with Crippen molar-refractivity contribution in [2.45, 2.75) is 65.4 Å². The SMILES string of the molecule is CCC1CCCC(OC(=O)C2(C(C)C)CCNC2)C1. The Balaban J connectivity index is 1.95. The average Bonchev–Trinajstić information content (AvgIpc) is 2.89. The maximum absolute atomic E-state index is 12.6. The highest BCUT2D eigenvalue weighted by Gasteiger charge is 2.46. The van der Waals surface area contributed by atoms with Crippen molar-refractivity contribution in [2.24, 2.45) is 17.3 Å². The number of ether oxygens (including phenoxy) is 1. The van der Waals surface area contributed by atoms with E-state index in [4.69, 9.17) is 4.74 Å². The van der Waals surface area contributed by atoms with Crippen LogP contribution in [0.5, 0.6) is 0 Å². The first-order chi connectivity index (χ1) is 9.08. The maximum Gasteiger partial charge on any atom is 0.313 e. The van der Waals surface area contributed by atoms with Crippen LogP contribution in [0.1, 0.15) is 59.3 Å². The fraction of sp³-hybridized carbons (Fsp3) is 0.938. The van der Waals surface area contributed by atoms with Crippen LogP contribution < -0.4 is 5.32 Å². The quantitative estimate of drug-likeness (QED) is 0.795. The summed E-state index contributed by atoms with van der Waals surface area (Å²) in [4.78, 5) is 12.6. The van der Waals surface area contributed by atoms with Gasteiger partial charge >= 0.3 is 5.97 Å². The fourth-order valence-electron chi connectivity index (χ4n) is 3.60. The normalized spacial score (nSPS) is 35.6. The van der Waals surface area contributed by atoms with E-state index in [9.17, 15) is 4.79 Å². The van der Waals surface area contributed by atoms with E-state index in [1.807, 2.05) is 0 Å². The largest absolute Gasteiger partial charge is 0.462 e. The van der Waals surface area contributed by atoms with E-state index in [1.165, 1.54) is 19.3 Å². The van der Waals surface area contributed by atoms with Crippen LogP contribution in [-0.2, 0) is 9.53 Å². The average molecular weight is 267 g/mol. The van der Waals surface area contributed by atoms with E-state index in [0.717, 1.165) is 38.3 Å². The molecular formula is C16H29NO2. The molecule has 1 N–H and O–H groups in total. The maximum atomic E-state index is 12.6. The molecule has 19 heavy (non-hydrogen) atoms. The third-order valence-corrected chi connectivity index (χ3v) is 5.29. The summed E-state index contributed by atoms with van der Waals surface area (Å²) in [6.45, 7) is 8.25.